The van der Waals surface area contributed by atoms with Gasteiger partial charge in [-0.1, -0.05) is 36.0 Å². The van der Waals surface area contributed by atoms with E-state index < -0.39 is 6.29 Å². The molecule has 33 heavy (non-hydrogen) atoms. The quantitative estimate of drug-likeness (QED) is 0.520. The molecule has 1 heterocycles. The number of carbonyl (C=O) groups excluding carboxylic acids is 2. The van der Waals surface area contributed by atoms with Gasteiger partial charge in [-0.25, -0.2) is 4.39 Å². The number of hydrogen-bond acceptors (Lipinski definition) is 5. The Kier molecular flexibility index (Phi) is 7.08. The van der Waals surface area contributed by atoms with Crippen molar-refractivity contribution >= 4 is 29.3 Å². The SMILES string of the molecule is COC(CNC(=O)c1ccc2c(c1)N(Cc1cccc(F)c1)C(=O)c1ccccc1S2)OC. The monoisotopic (exact) mass is 466 g/mol. The molecule has 4 rings (SSSR count). The highest BCUT2D eigenvalue weighted by atomic mass is 32.2. The van der Waals surface area contributed by atoms with Crippen LogP contribution in [0.3, 0.4) is 0 Å². The lowest BCUT2D eigenvalue weighted by Gasteiger charge is -2.24. The van der Waals surface area contributed by atoms with Gasteiger partial charge in [0.15, 0.2) is 6.29 Å². The zero-order chi connectivity index (χ0) is 23.4. The third-order valence-corrected chi connectivity index (χ3v) is 6.42. The minimum Gasteiger partial charge on any atom is -0.354 e. The minimum absolute atomic E-state index is 0.166. The number of halogens is 1. The molecule has 0 fully saturated rings. The van der Waals surface area contributed by atoms with Crippen LogP contribution in [-0.4, -0.2) is 38.9 Å². The van der Waals surface area contributed by atoms with Gasteiger partial charge < -0.3 is 19.7 Å². The van der Waals surface area contributed by atoms with Crippen LogP contribution in [0.25, 0.3) is 0 Å². The van der Waals surface area contributed by atoms with Gasteiger partial charge in [0.25, 0.3) is 11.8 Å². The van der Waals surface area contributed by atoms with Crippen LogP contribution in [0.15, 0.2) is 76.5 Å². The summed E-state index contributed by atoms with van der Waals surface area (Å²) in [6, 6.07) is 18.7. The van der Waals surface area contributed by atoms with Crippen LogP contribution in [0.5, 0.6) is 0 Å². The highest BCUT2D eigenvalue weighted by Crippen LogP contribution is 2.42. The van der Waals surface area contributed by atoms with Crippen LogP contribution in [0.4, 0.5) is 10.1 Å². The summed E-state index contributed by atoms with van der Waals surface area (Å²) in [5.74, 6) is -0.900. The number of benzene rings is 3. The fourth-order valence-corrected chi connectivity index (χ4v) is 4.64. The molecule has 6 nitrogen and oxygen atoms in total. The molecule has 3 aromatic rings. The van der Waals surface area contributed by atoms with Gasteiger partial charge in [0.1, 0.15) is 5.82 Å². The molecule has 1 N–H and O–H groups in total. The number of methoxy groups -OCH3 is 2. The van der Waals surface area contributed by atoms with E-state index in [1.54, 1.807) is 35.2 Å². The maximum Gasteiger partial charge on any atom is 0.259 e. The average Bonchev–Trinajstić information content (AvgIpc) is 2.94. The molecule has 0 atom stereocenters. The molecule has 3 aromatic carbocycles. The average molecular weight is 467 g/mol. The summed E-state index contributed by atoms with van der Waals surface area (Å²) >= 11 is 1.46. The Labute approximate surface area is 195 Å². The van der Waals surface area contributed by atoms with Gasteiger partial charge in [-0.05, 0) is 48.0 Å². The van der Waals surface area contributed by atoms with Gasteiger partial charge in [0, 0.05) is 29.6 Å². The molecule has 0 bridgehead atoms. The summed E-state index contributed by atoms with van der Waals surface area (Å²) in [5.41, 5.74) is 2.19. The number of ether oxygens (including phenoxy) is 2. The summed E-state index contributed by atoms with van der Waals surface area (Å²) < 4.78 is 24.1. The van der Waals surface area contributed by atoms with Crippen molar-refractivity contribution in [3.63, 3.8) is 0 Å². The zero-order valence-electron chi connectivity index (χ0n) is 18.2. The van der Waals surface area contributed by atoms with Crippen molar-refractivity contribution in [2.24, 2.45) is 0 Å². The van der Waals surface area contributed by atoms with Gasteiger partial charge in [0.2, 0.25) is 0 Å². The molecule has 2 amide bonds. The molecule has 8 heteroatoms. The van der Waals surface area contributed by atoms with Crippen molar-refractivity contribution in [1.29, 1.82) is 0 Å². The first-order chi connectivity index (χ1) is 16.0. The van der Waals surface area contributed by atoms with Crippen molar-refractivity contribution in [2.75, 3.05) is 25.7 Å². The summed E-state index contributed by atoms with van der Waals surface area (Å²) in [5, 5.41) is 2.77. The molecular formula is C25H23FN2O4S. The largest absolute Gasteiger partial charge is 0.354 e. The Hall–Kier alpha value is -3.20. The number of fused-ring (bicyclic) bond motifs is 2. The van der Waals surface area contributed by atoms with Gasteiger partial charge in [-0.2, -0.15) is 0 Å². The fraction of sp³-hybridized carbons (Fsp3) is 0.200. The molecule has 0 saturated heterocycles. The lowest BCUT2D eigenvalue weighted by atomic mass is 10.1. The van der Waals surface area contributed by atoms with E-state index in [4.69, 9.17) is 9.47 Å². The van der Waals surface area contributed by atoms with Crippen LogP contribution < -0.4 is 10.2 Å². The van der Waals surface area contributed by atoms with E-state index in [9.17, 15) is 14.0 Å². The third-order valence-electron chi connectivity index (χ3n) is 5.28. The van der Waals surface area contributed by atoms with Gasteiger partial charge in [-0.3, -0.25) is 9.59 Å². The molecular weight excluding hydrogens is 443 g/mol. The van der Waals surface area contributed by atoms with Gasteiger partial charge in [0.05, 0.1) is 24.3 Å². The van der Waals surface area contributed by atoms with E-state index in [1.165, 1.54) is 38.1 Å². The first-order valence-electron chi connectivity index (χ1n) is 10.3. The van der Waals surface area contributed by atoms with Crippen LogP contribution in [-0.2, 0) is 16.0 Å². The molecule has 0 aliphatic carbocycles. The number of anilines is 1. The number of nitrogens with zero attached hydrogens (tertiary/aromatic N) is 1. The summed E-state index contributed by atoms with van der Waals surface area (Å²) in [4.78, 5) is 29.6. The van der Waals surface area contributed by atoms with E-state index in [-0.39, 0.29) is 30.7 Å². The van der Waals surface area contributed by atoms with Crippen molar-refractivity contribution in [1.82, 2.24) is 5.32 Å². The first-order valence-corrected chi connectivity index (χ1v) is 11.1. The van der Waals surface area contributed by atoms with Crippen LogP contribution in [0.1, 0.15) is 26.3 Å². The molecule has 0 saturated carbocycles. The van der Waals surface area contributed by atoms with E-state index >= 15 is 0 Å². The number of rotatable bonds is 7. The Balaban J connectivity index is 1.72. The Morgan fingerprint density at radius 3 is 2.58 bits per heavy atom. The van der Waals surface area contributed by atoms with Crippen molar-refractivity contribution < 1.29 is 23.5 Å². The lowest BCUT2D eigenvalue weighted by Crippen LogP contribution is -2.34. The Bertz CT molecular complexity index is 1180. The number of amides is 2. The molecule has 0 spiro atoms. The van der Waals surface area contributed by atoms with Crippen LogP contribution >= 0.6 is 11.8 Å². The highest BCUT2D eigenvalue weighted by molar-refractivity contribution is 7.99. The minimum atomic E-state index is -0.564. The molecule has 0 aromatic heterocycles. The number of carbonyl (C=O) groups is 2. The summed E-state index contributed by atoms with van der Waals surface area (Å²) in [6.07, 6.45) is -0.564. The fourth-order valence-electron chi connectivity index (χ4n) is 3.58. The summed E-state index contributed by atoms with van der Waals surface area (Å²) in [7, 11) is 2.99. The van der Waals surface area contributed by atoms with Crippen molar-refractivity contribution in [2.45, 2.75) is 22.6 Å². The van der Waals surface area contributed by atoms with E-state index in [2.05, 4.69) is 5.32 Å². The smallest absolute Gasteiger partial charge is 0.259 e. The second-order valence-electron chi connectivity index (χ2n) is 7.41. The molecule has 0 unspecified atom stereocenters. The standard InChI is InChI=1S/C25H23FN2O4S/c1-31-23(32-2)14-27-24(29)17-10-11-22-20(13-17)28(15-16-6-5-7-18(26)12-16)25(30)19-8-3-4-9-21(19)33-22/h3-13,23H,14-15H2,1-2H3,(H,27,29). The summed E-state index contributed by atoms with van der Waals surface area (Å²) in [6.45, 7) is 0.341. The van der Waals surface area contributed by atoms with Crippen molar-refractivity contribution in [3.05, 3.63) is 89.2 Å². The second kappa shape index (κ2) is 10.2. The van der Waals surface area contributed by atoms with Gasteiger partial charge in [-0.15, -0.1) is 0 Å². The maximum atomic E-state index is 13.8. The highest BCUT2D eigenvalue weighted by Gasteiger charge is 2.28. The van der Waals surface area contributed by atoms with E-state index in [0.29, 0.717) is 22.4 Å². The molecule has 170 valence electrons. The van der Waals surface area contributed by atoms with E-state index in [0.717, 1.165) is 9.79 Å². The third kappa shape index (κ3) is 5.08. The van der Waals surface area contributed by atoms with Crippen LogP contribution in [0, 0.1) is 5.82 Å². The molecule has 1 aliphatic heterocycles. The molecule has 1 aliphatic rings. The first kappa shape index (κ1) is 23.0. The second-order valence-corrected chi connectivity index (χ2v) is 8.50. The number of hydrogen-bond donors (Lipinski definition) is 1. The normalized spacial score (nSPS) is 12.8. The Morgan fingerprint density at radius 2 is 1.82 bits per heavy atom. The maximum absolute atomic E-state index is 13.8. The van der Waals surface area contributed by atoms with Gasteiger partial charge >= 0.3 is 0 Å². The van der Waals surface area contributed by atoms with Crippen molar-refractivity contribution in [3.8, 4) is 0 Å². The zero-order valence-corrected chi connectivity index (χ0v) is 19.0. The van der Waals surface area contributed by atoms with Crippen LogP contribution in [0.2, 0.25) is 0 Å². The topological polar surface area (TPSA) is 67.9 Å². The molecule has 0 radical (unpaired) electrons. The van der Waals surface area contributed by atoms with E-state index in [1.807, 2.05) is 24.3 Å². The Morgan fingerprint density at radius 1 is 1.03 bits per heavy atom. The predicted molar refractivity (Wildman–Crippen MR) is 124 cm³/mol. The predicted octanol–water partition coefficient (Wildman–Crippen LogP) is 4.49. The number of nitrogens with one attached hydrogen (secondary N) is 1. The lowest BCUT2D eigenvalue weighted by molar-refractivity contribution is -0.0974.